The van der Waals surface area contributed by atoms with Crippen LogP contribution < -0.4 is 0 Å². The van der Waals surface area contributed by atoms with Gasteiger partial charge in [0.1, 0.15) is 0 Å². The van der Waals surface area contributed by atoms with Gasteiger partial charge in [-0.3, -0.25) is 19.4 Å². The van der Waals surface area contributed by atoms with E-state index in [1.807, 2.05) is 49.1 Å². The number of halogens is 9. The van der Waals surface area contributed by atoms with Gasteiger partial charge < -0.3 is 20.2 Å². The molecule has 2 saturated heterocycles. The third-order valence-electron chi connectivity index (χ3n) is 7.87. The van der Waals surface area contributed by atoms with Crippen molar-refractivity contribution in [2.24, 2.45) is 12.5 Å². The number of pyridine rings is 1. The summed E-state index contributed by atoms with van der Waals surface area (Å²) in [6.07, 6.45) is -11.4. The number of aromatic nitrogens is 3. The molecule has 4 heterocycles. The number of likely N-dealkylation sites (tertiary alicyclic amines) is 2. The second-order valence-electron chi connectivity index (χ2n) is 11.8. The van der Waals surface area contributed by atoms with Crippen LogP contribution in [0.4, 0.5) is 39.5 Å². The van der Waals surface area contributed by atoms with E-state index in [1.54, 1.807) is 0 Å². The molecule has 0 bridgehead atoms. The van der Waals surface area contributed by atoms with Gasteiger partial charge in [-0.15, -0.1) is 0 Å². The van der Waals surface area contributed by atoms with Gasteiger partial charge in [-0.25, -0.2) is 14.4 Å². The zero-order valence-electron chi connectivity index (χ0n) is 27.9. The SMILES string of the molecule is Cc1cccc(CN2C[C@@H](c3ccnn3C)[C@@]3(CCCN(Cc4ccccc4)C3=O)C2)n1.O=C(O)C(F)(F)F.O=C(O)C(F)(F)F.O=C(O)C(F)(F)F. The summed E-state index contributed by atoms with van der Waals surface area (Å²) in [5.41, 5.74) is 4.02. The van der Waals surface area contributed by atoms with Crippen molar-refractivity contribution in [2.45, 2.75) is 57.3 Å². The number of carboxylic acid groups (broad SMARTS) is 3. The first-order valence-corrected chi connectivity index (χ1v) is 15.2. The maximum absolute atomic E-state index is 14.1. The van der Waals surface area contributed by atoms with Crippen LogP contribution in [0.25, 0.3) is 0 Å². The summed E-state index contributed by atoms with van der Waals surface area (Å²) in [7, 11) is 1.99. The molecule has 0 radical (unpaired) electrons. The summed E-state index contributed by atoms with van der Waals surface area (Å²) < 4.78 is 97.2. The predicted octanol–water partition coefficient (Wildman–Crippen LogP) is 5.43. The molecule has 0 aliphatic carbocycles. The topological polar surface area (TPSA) is 166 Å². The highest BCUT2D eigenvalue weighted by Crippen LogP contribution is 2.49. The van der Waals surface area contributed by atoms with Crippen LogP contribution in [0.15, 0.2) is 60.8 Å². The zero-order chi connectivity index (χ0) is 40.4. The Bertz CT molecular complexity index is 1640. The quantitative estimate of drug-likeness (QED) is 0.285. The molecule has 0 unspecified atom stereocenters. The Morgan fingerprint density at radius 1 is 0.811 bits per heavy atom. The molecule has 3 N–H and O–H groups in total. The molecule has 21 heteroatoms. The molecule has 2 aliphatic rings. The lowest BCUT2D eigenvalue weighted by Gasteiger charge is -2.42. The molecule has 2 aromatic heterocycles. The molecule has 5 rings (SSSR count). The molecule has 1 spiro atoms. The highest BCUT2D eigenvalue weighted by atomic mass is 19.4. The molecular weight excluding hydrogens is 737 g/mol. The standard InChI is InChI=1S/C26H31N5O.3C2HF3O2/c1-20-8-6-11-22(28-20)17-30-18-23(24-12-14-27-29(24)2)26(19-30)13-7-15-31(25(26)32)16-21-9-4-3-5-10-21;3*3-2(4,5)1(6)7/h3-6,8-12,14,23H,7,13,15-19H2,1-2H3;3*(H,6,7)/t23-,26+;;;/m0.../s1. The summed E-state index contributed by atoms with van der Waals surface area (Å²) in [6, 6.07) is 18.6. The molecule has 2 aliphatic heterocycles. The molecule has 292 valence electrons. The third-order valence-corrected chi connectivity index (χ3v) is 7.87. The molecule has 2 atom stereocenters. The zero-order valence-corrected chi connectivity index (χ0v) is 27.9. The van der Waals surface area contributed by atoms with E-state index >= 15 is 0 Å². The number of carboxylic acids is 3. The largest absolute Gasteiger partial charge is 0.490 e. The molecule has 1 amide bonds. The van der Waals surface area contributed by atoms with E-state index in [-0.39, 0.29) is 5.92 Å². The number of aliphatic carboxylic acids is 3. The molecule has 1 aromatic carbocycles. The third kappa shape index (κ3) is 13.1. The second-order valence-corrected chi connectivity index (χ2v) is 11.8. The van der Waals surface area contributed by atoms with Gasteiger partial charge in [0.25, 0.3) is 0 Å². The fraction of sp³-hybridized carbons (Fsp3) is 0.438. The molecule has 53 heavy (non-hydrogen) atoms. The van der Waals surface area contributed by atoms with Crippen molar-refractivity contribution in [1.29, 1.82) is 0 Å². The number of nitrogens with zero attached hydrogens (tertiary/aromatic N) is 5. The Morgan fingerprint density at radius 3 is 1.79 bits per heavy atom. The second kappa shape index (κ2) is 18.0. The van der Waals surface area contributed by atoms with Gasteiger partial charge in [0, 0.05) is 63.3 Å². The molecular formula is C32H34F9N5O7. The number of alkyl halides is 9. The van der Waals surface area contributed by atoms with E-state index < -0.39 is 41.9 Å². The minimum atomic E-state index is -5.08. The number of carbonyl (C=O) groups excluding carboxylic acids is 1. The van der Waals surface area contributed by atoms with Gasteiger partial charge in [0.15, 0.2) is 0 Å². The van der Waals surface area contributed by atoms with Crippen molar-refractivity contribution in [2.75, 3.05) is 19.6 Å². The molecule has 2 fully saturated rings. The van der Waals surface area contributed by atoms with Crippen LogP contribution in [0, 0.1) is 12.3 Å². The fourth-order valence-electron chi connectivity index (χ4n) is 5.68. The number of hydrogen-bond acceptors (Lipinski definition) is 7. The molecule has 12 nitrogen and oxygen atoms in total. The number of hydrogen-bond donors (Lipinski definition) is 3. The number of amides is 1. The molecule has 3 aromatic rings. The Morgan fingerprint density at radius 2 is 1.34 bits per heavy atom. The van der Waals surface area contributed by atoms with Crippen LogP contribution in [0.2, 0.25) is 0 Å². The number of aryl methyl sites for hydroxylation is 2. The minimum Gasteiger partial charge on any atom is -0.475 e. The van der Waals surface area contributed by atoms with Gasteiger partial charge >= 0.3 is 36.4 Å². The average molecular weight is 772 g/mol. The number of rotatable bonds is 5. The molecule has 0 saturated carbocycles. The van der Waals surface area contributed by atoms with Gasteiger partial charge in [0.2, 0.25) is 5.91 Å². The summed E-state index contributed by atoms with van der Waals surface area (Å²) in [5.74, 6) is -7.85. The maximum atomic E-state index is 14.1. The fourth-order valence-corrected chi connectivity index (χ4v) is 5.68. The van der Waals surface area contributed by atoms with Crippen LogP contribution in [0.3, 0.4) is 0 Å². The Balaban J connectivity index is 0.000000379. The van der Waals surface area contributed by atoms with Crippen LogP contribution in [0.1, 0.15) is 41.4 Å². The number of benzene rings is 1. The monoisotopic (exact) mass is 771 g/mol. The smallest absolute Gasteiger partial charge is 0.475 e. The lowest BCUT2D eigenvalue weighted by atomic mass is 9.70. The lowest BCUT2D eigenvalue weighted by Crippen LogP contribution is -2.52. The van der Waals surface area contributed by atoms with E-state index in [9.17, 15) is 44.3 Å². The van der Waals surface area contributed by atoms with Crippen molar-refractivity contribution < 1.29 is 74.0 Å². The summed E-state index contributed by atoms with van der Waals surface area (Å²) in [6.45, 7) is 5.91. The first-order chi connectivity index (χ1) is 24.4. The number of carbonyl (C=O) groups is 4. The summed E-state index contributed by atoms with van der Waals surface area (Å²) >= 11 is 0. The maximum Gasteiger partial charge on any atom is 0.490 e. The van der Waals surface area contributed by atoms with Crippen LogP contribution in [0.5, 0.6) is 0 Å². The van der Waals surface area contributed by atoms with Crippen LogP contribution in [-0.4, -0.2) is 102 Å². The number of piperidine rings is 1. The average Bonchev–Trinajstić information content (AvgIpc) is 3.62. The first-order valence-electron chi connectivity index (χ1n) is 15.2. The normalized spacial score (nSPS) is 18.9. The van der Waals surface area contributed by atoms with E-state index in [1.165, 1.54) is 5.56 Å². The lowest BCUT2D eigenvalue weighted by molar-refractivity contribution is -0.193. The highest BCUT2D eigenvalue weighted by Gasteiger charge is 2.56. The van der Waals surface area contributed by atoms with E-state index in [2.05, 4.69) is 45.2 Å². The van der Waals surface area contributed by atoms with Crippen molar-refractivity contribution in [1.82, 2.24) is 24.6 Å². The van der Waals surface area contributed by atoms with Gasteiger partial charge in [-0.05, 0) is 43.5 Å². The Labute approximate surface area is 295 Å². The highest BCUT2D eigenvalue weighted by molar-refractivity contribution is 5.85. The Hall–Kier alpha value is -5.21. The van der Waals surface area contributed by atoms with Crippen molar-refractivity contribution >= 4 is 23.8 Å². The van der Waals surface area contributed by atoms with Crippen LogP contribution in [-0.2, 0) is 39.3 Å². The van der Waals surface area contributed by atoms with Gasteiger partial charge in [0.05, 0.1) is 11.1 Å². The van der Waals surface area contributed by atoms with Crippen LogP contribution >= 0.6 is 0 Å². The van der Waals surface area contributed by atoms with Crippen molar-refractivity contribution in [3.63, 3.8) is 0 Å². The minimum absolute atomic E-state index is 0.130. The van der Waals surface area contributed by atoms with E-state index in [0.717, 1.165) is 56.1 Å². The van der Waals surface area contributed by atoms with E-state index in [0.29, 0.717) is 12.5 Å². The van der Waals surface area contributed by atoms with E-state index in [4.69, 9.17) is 34.7 Å². The first kappa shape index (κ1) is 44.0. The predicted molar refractivity (Wildman–Crippen MR) is 165 cm³/mol. The summed E-state index contributed by atoms with van der Waals surface area (Å²) in [4.78, 5) is 50.0. The summed E-state index contributed by atoms with van der Waals surface area (Å²) in [5, 5.41) is 25.8. The Kier molecular flexibility index (Phi) is 14.9. The van der Waals surface area contributed by atoms with Crippen molar-refractivity contribution in [3.05, 3.63) is 83.4 Å². The van der Waals surface area contributed by atoms with Gasteiger partial charge in [-0.1, -0.05) is 36.4 Å². The van der Waals surface area contributed by atoms with Gasteiger partial charge in [-0.2, -0.15) is 44.6 Å². The van der Waals surface area contributed by atoms with Crippen molar-refractivity contribution in [3.8, 4) is 0 Å².